The van der Waals surface area contributed by atoms with Gasteiger partial charge in [0.2, 0.25) is 5.91 Å². The van der Waals surface area contributed by atoms with E-state index in [9.17, 15) is 4.79 Å². The molecule has 19 heavy (non-hydrogen) atoms. The SMILES string of the molecule is O=C(CC1CSCCN1)NCCCN1CCCCC1. The molecule has 0 saturated carbocycles. The molecular formula is C14H27N3OS. The largest absolute Gasteiger partial charge is 0.356 e. The van der Waals surface area contributed by atoms with Crippen molar-refractivity contribution in [2.24, 2.45) is 0 Å². The van der Waals surface area contributed by atoms with Gasteiger partial charge in [-0.1, -0.05) is 6.42 Å². The van der Waals surface area contributed by atoms with E-state index in [0.717, 1.165) is 31.8 Å². The zero-order chi connectivity index (χ0) is 13.3. The van der Waals surface area contributed by atoms with Crippen molar-refractivity contribution >= 4 is 17.7 Å². The second kappa shape index (κ2) is 8.82. The van der Waals surface area contributed by atoms with Crippen molar-refractivity contribution in [1.82, 2.24) is 15.5 Å². The molecule has 2 fully saturated rings. The summed E-state index contributed by atoms with van der Waals surface area (Å²) in [6.45, 7) is 5.50. The van der Waals surface area contributed by atoms with Crippen molar-refractivity contribution in [3.05, 3.63) is 0 Å². The third-order valence-corrected chi connectivity index (χ3v) is 4.98. The van der Waals surface area contributed by atoms with Crippen LogP contribution in [0, 0.1) is 0 Å². The quantitative estimate of drug-likeness (QED) is 0.717. The Labute approximate surface area is 121 Å². The van der Waals surface area contributed by atoms with Crippen molar-refractivity contribution in [2.45, 2.75) is 38.1 Å². The van der Waals surface area contributed by atoms with E-state index in [1.165, 1.54) is 38.1 Å². The zero-order valence-corrected chi connectivity index (χ0v) is 12.6. The maximum absolute atomic E-state index is 11.8. The highest BCUT2D eigenvalue weighted by atomic mass is 32.2. The van der Waals surface area contributed by atoms with Crippen LogP contribution in [0.25, 0.3) is 0 Å². The zero-order valence-electron chi connectivity index (χ0n) is 11.8. The van der Waals surface area contributed by atoms with Crippen LogP contribution < -0.4 is 10.6 Å². The van der Waals surface area contributed by atoms with Gasteiger partial charge >= 0.3 is 0 Å². The number of nitrogens with one attached hydrogen (secondary N) is 2. The van der Waals surface area contributed by atoms with Crippen molar-refractivity contribution in [2.75, 3.05) is 44.2 Å². The third kappa shape index (κ3) is 6.15. The topological polar surface area (TPSA) is 44.4 Å². The fourth-order valence-electron chi connectivity index (χ4n) is 2.76. The molecule has 0 bridgehead atoms. The van der Waals surface area contributed by atoms with Gasteiger partial charge in [0, 0.05) is 37.1 Å². The summed E-state index contributed by atoms with van der Waals surface area (Å²) in [5.74, 6) is 2.45. The molecule has 0 aliphatic carbocycles. The number of piperidine rings is 1. The molecule has 0 aromatic carbocycles. The van der Waals surface area contributed by atoms with Crippen LogP contribution in [0.15, 0.2) is 0 Å². The van der Waals surface area contributed by atoms with Gasteiger partial charge in [0.1, 0.15) is 0 Å². The molecule has 1 atom stereocenters. The number of hydrogen-bond donors (Lipinski definition) is 2. The standard InChI is InChI=1S/C14H27N3OS/c18-14(11-13-12-19-10-6-15-13)16-5-4-9-17-7-2-1-3-8-17/h13,15H,1-12H2,(H,16,18). The second-order valence-corrected chi connectivity index (χ2v) is 6.69. The van der Waals surface area contributed by atoms with Crippen molar-refractivity contribution in [3.8, 4) is 0 Å². The maximum atomic E-state index is 11.8. The fraction of sp³-hybridized carbons (Fsp3) is 0.929. The average Bonchev–Trinajstić information content (AvgIpc) is 2.46. The van der Waals surface area contributed by atoms with Gasteiger partial charge in [-0.3, -0.25) is 4.79 Å². The van der Waals surface area contributed by atoms with E-state index in [-0.39, 0.29) is 5.91 Å². The van der Waals surface area contributed by atoms with Crippen LogP contribution in [0.2, 0.25) is 0 Å². The monoisotopic (exact) mass is 285 g/mol. The highest BCUT2D eigenvalue weighted by Crippen LogP contribution is 2.10. The van der Waals surface area contributed by atoms with Gasteiger partial charge in [0.25, 0.3) is 0 Å². The Hall–Kier alpha value is -0.260. The number of likely N-dealkylation sites (tertiary alicyclic amines) is 1. The van der Waals surface area contributed by atoms with Gasteiger partial charge in [-0.2, -0.15) is 11.8 Å². The summed E-state index contributed by atoms with van der Waals surface area (Å²) < 4.78 is 0. The molecule has 0 aromatic rings. The summed E-state index contributed by atoms with van der Waals surface area (Å²) in [5, 5.41) is 6.46. The average molecular weight is 285 g/mol. The second-order valence-electron chi connectivity index (χ2n) is 5.54. The molecule has 2 aliphatic rings. The summed E-state index contributed by atoms with van der Waals surface area (Å²) in [4.78, 5) is 14.3. The molecule has 1 unspecified atom stereocenters. The Bertz CT molecular complexity index is 263. The van der Waals surface area contributed by atoms with Gasteiger partial charge in [0.05, 0.1) is 0 Å². The smallest absolute Gasteiger partial charge is 0.221 e. The van der Waals surface area contributed by atoms with E-state index < -0.39 is 0 Å². The van der Waals surface area contributed by atoms with Gasteiger partial charge in [-0.15, -0.1) is 0 Å². The molecule has 1 amide bonds. The summed E-state index contributed by atoms with van der Waals surface area (Å²) in [6.07, 6.45) is 5.80. The lowest BCUT2D eigenvalue weighted by atomic mass is 10.1. The molecule has 0 aromatic heterocycles. The van der Waals surface area contributed by atoms with Crippen LogP contribution in [0.4, 0.5) is 0 Å². The van der Waals surface area contributed by atoms with E-state index in [1.807, 2.05) is 11.8 Å². The lowest BCUT2D eigenvalue weighted by molar-refractivity contribution is -0.121. The van der Waals surface area contributed by atoms with Gasteiger partial charge in [-0.25, -0.2) is 0 Å². The minimum absolute atomic E-state index is 0.207. The van der Waals surface area contributed by atoms with Crippen molar-refractivity contribution in [3.63, 3.8) is 0 Å². The first-order valence-corrected chi connectivity index (χ1v) is 8.80. The molecule has 0 spiro atoms. The summed E-state index contributed by atoms with van der Waals surface area (Å²) in [7, 11) is 0. The summed E-state index contributed by atoms with van der Waals surface area (Å²) >= 11 is 1.94. The molecule has 4 nitrogen and oxygen atoms in total. The Morgan fingerprint density at radius 1 is 1.32 bits per heavy atom. The number of rotatable bonds is 6. The van der Waals surface area contributed by atoms with E-state index in [1.54, 1.807) is 0 Å². The molecule has 2 saturated heterocycles. The molecule has 5 heteroatoms. The Morgan fingerprint density at radius 3 is 2.89 bits per heavy atom. The number of amides is 1. The first kappa shape index (κ1) is 15.1. The lowest BCUT2D eigenvalue weighted by Crippen LogP contribution is -2.41. The maximum Gasteiger partial charge on any atom is 0.221 e. The van der Waals surface area contributed by atoms with E-state index >= 15 is 0 Å². The fourth-order valence-corrected chi connectivity index (χ4v) is 3.71. The van der Waals surface area contributed by atoms with Gasteiger partial charge in [-0.05, 0) is 38.9 Å². The number of carbonyl (C=O) groups is 1. The first-order valence-electron chi connectivity index (χ1n) is 7.65. The summed E-state index contributed by atoms with van der Waals surface area (Å²) in [5.41, 5.74) is 0. The number of hydrogen-bond acceptors (Lipinski definition) is 4. The van der Waals surface area contributed by atoms with Crippen LogP contribution in [-0.4, -0.2) is 61.1 Å². The van der Waals surface area contributed by atoms with Crippen LogP contribution in [0.5, 0.6) is 0 Å². The Kier molecular flexibility index (Phi) is 7.03. The molecule has 2 aliphatic heterocycles. The number of carbonyl (C=O) groups excluding carboxylic acids is 1. The predicted molar refractivity (Wildman–Crippen MR) is 81.7 cm³/mol. The first-order chi connectivity index (χ1) is 9.34. The van der Waals surface area contributed by atoms with Crippen molar-refractivity contribution < 1.29 is 4.79 Å². The Balaban J connectivity index is 1.48. The van der Waals surface area contributed by atoms with E-state index in [2.05, 4.69) is 15.5 Å². The van der Waals surface area contributed by atoms with Crippen LogP contribution in [0.3, 0.4) is 0 Å². The lowest BCUT2D eigenvalue weighted by Gasteiger charge is -2.26. The normalized spacial score (nSPS) is 25.2. The number of thioether (sulfide) groups is 1. The molecule has 2 heterocycles. The minimum atomic E-state index is 0.207. The molecule has 2 N–H and O–H groups in total. The highest BCUT2D eigenvalue weighted by Gasteiger charge is 2.16. The molecular weight excluding hydrogens is 258 g/mol. The van der Waals surface area contributed by atoms with Crippen LogP contribution in [-0.2, 0) is 4.79 Å². The number of nitrogens with zero attached hydrogens (tertiary/aromatic N) is 1. The predicted octanol–water partition coefficient (Wildman–Crippen LogP) is 1.07. The third-order valence-electron chi connectivity index (χ3n) is 3.85. The van der Waals surface area contributed by atoms with Gasteiger partial charge in [0.15, 0.2) is 0 Å². The van der Waals surface area contributed by atoms with Crippen LogP contribution in [0.1, 0.15) is 32.1 Å². The minimum Gasteiger partial charge on any atom is -0.356 e. The van der Waals surface area contributed by atoms with E-state index in [4.69, 9.17) is 0 Å². The highest BCUT2D eigenvalue weighted by molar-refractivity contribution is 7.99. The molecule has 0 radical (unpaired) electrons. The summed E-state index contributed by atoms with van der Waals surface area (Å²) in [6, 6.07) is 0.376. The molecule has 2 rings (SSSR count). The van der Waals surface area contributed by atoms with Gasteiger partial charge < -0.3 is 15.5 Å². The Morgan fingerprint density at radius 2 is 2.16 bits per heavy atom. The molecule has 110 valence electrons. The van der Waals surface area contributed by atoms with Crippen LogP contribution >= 0.6 is 11.8 Å². The van der Waals surface area contributed by atoms with E-state index in [0.29, 0.717) is 12.5 Å². The van der Waals surface area contributed by atoms with Crippen molar-refractivity contribution in [1.29, 1.82) is 0 Å².